The average molecular weight is 406 g/mol. The molecule has 1 aliphatic rings. The lowest BCUT2D eigenvalue weighted by Crippen LogP contribution is -2.40. The molecule has 1 aromatic heterocycles. The molecule has 9 heteroatoms. The molecule has 156 valence electrons. The van der Waals surface area contributed by atoms with Crippen molar-refractivity contribution in [1.29, 1.82) is 0 Å². The van der Waals surface area contributed by atoms with Crippen molar-refractivity contribution in [3.63, 3.8) is 0 Å². The van der Waals surface area contributed by atoms with Crippen molar-refractivity contribution in [2.45, 2.75) is 25.4 Å². The lowest BCUT2D eigenvalue weighted by Gasteiger charge is -2.22. The summed E-state index contributed by atoms with van der Waals surface area (Å²) in [5, 5.41) is 6.10. The largest absolute Gasteiger partial charge is 0.433 e. The molecular formula is C20H25F3N6. The minimum atomic E-state index is -4.49. The molecule has 1 aliphatic heterocycles. The first-order valence-electron chi connectivity index (χ1n) is 9.69. The summed E-state index contributed by atoms with van der Waals surface area (Å²) in [6.45, 7) is 5.29. The highest BCUT2D eigenvalue weighted by Crippen LogP contribution is 2.28. The van der Waals surface area contributed by atoms with E-state index >= 15 is 0 Å². The van der Waals surface area contributed by atoms with E-state index in [1.165, 1.54) is 5.56 Å². The van der Waals surface area contributed by atoms with Crippen molar-refractivity contribution in [3.05, 3.63) is 53.9 Å². The SMILES string of the molecule is CCNC(=NCCNc1nccc(C(F)(F)F)n1)N1CCC(c2ccccc2)C1. The minimum Gasteiger partial charge on any atom is -0.357 e. The van der Waals surface area contributed by atoms with Crippen LogP contribution < -0.4 is 10.6 Å². The second-order valence-corrected chi connectivity index (χ2v) is 6.77. The number of nitrogens with one attached hydrogen (secondary N) is 2. The van der Waals surface area contributed by atoms with Crippen molar-refractivity contribution in [3.8, 4) is 0 Å². The topological polar surface area (TPSA) is 65.4 Å². The van der Waals surface area contributed by atoms with Crippen LogP contribution in [-0.2, 0) is 6.18 Å². The molecule has 1 atom stereocenters. The van der Waals surface area contributed by atoms with Crippen LogP contribution in [0.5, 0.6) is 0 Å². The second-order valence-electron chi connectivity index (χ2n) is 6.77. The van der Waals surface area contributed by atoms with Gasteiger partial charge in [-0.2, -0.15) is 13.2 Å². The van der Waals surface area contributed by atoms with Gasteiger partial charge in [-0.05, 0) is 25.0 Å². The van der Waals surface area contributed by atoms with Crippen molar-refractivity contribution in [2.24, 2.45) is 4.99 Å². The number of nitrogens with zero attached hydrogens (tertiary/aromatic N) is 4. The predicted molar refractivity (Wildman–Crippen MR) is 107 cm³/mol. The molecule has 1 saturated heterocycles. The maximum absolute atomic E-state index is 12.7. The highest BCUT2D eigenvalue weighted by atomic mass is 19.4. The summed E-state index contributed by atoms with van der Waals surface area (Å²) in [6, 6.07) is 11.3. The minimum absolute atomic E-state index is 0.0506. The number of hydrogen-bond acceptors (Lipinski definition) is 4. The molecule has 0 spiro atoms. The van der Waals surface area contributed by atoms with Gasteiger partial charge in [0.15, 0.2) is 5.96 Å². The van der Waals surface area contributed by atoms with E-state index in [0.717, 1.165) is 44.3 Å². The summed E-state index contributed by atoms with van der Waals surface area (Å²) in [6.07, 6.45) is -2.33. The van der Waals surface area contributed by atoms with Gasteiger partial charge in [-0.3, -0.25) is 4.99 Å². The van der Waals surface area contributed by atoms with E-state index in [2.05, 4.69) is 54.8 Å². The molecule has 2 N–H and O–H groups in total. The Morgan fingerprint density at radius 1 is 1.24 bits per heavy atom. The van der Waals surface area contributed by atoms with Gasteiger partial charge in [-0.1, -0.05) is 30.3 Å². The van der Waals surface area contributed by atoms with Crippen LogP contribution in [0.3, 0.4) is 0 Å². The fourth-order valence-electron chi connectivity index (χ4n) is 3.31. The lowest BCUT2D eigenvalue weighted by molar-refractivity contribution is -0.141. The highest BCUT2D eigenvalue weighted by molar-refractivity contribution is 5.80. The van der Waals surface area contributed by atoms with E-state index in [4.69, 9.17) is 0 Å². The molecule has 6 nitrogen and oxygen atoms in total. The number of benzene rings is 1. The first-order chi connectivity index (χ1) is 14.0. The molecular weight excluding hydrogens is 381 g/mol. The van der Waals surface area contributed by atoms with Crippen LogP contribution in [0.15, 0.2) is 47.6 Å². The number of halogens is 3. The number of anilines is 1. The average Bonchev–Trinajstić information content (AvgIpc) is 3.21. The number of rotatable bonds is 6. The maximum atomic E-state index is 12.7. The Hall–Kier alpha value is -2.84. The molecule has 0 saturated carbocycles. The Bertz CT molecular complexity index is 809. The Balaban J connectivity index is 1.55. The first-order valence-corrected chi connectivity index (χ1v) is 9.69. The van der Waals surface area contributed by atoms with E-state index in [1.807, 2.05) is 13.0 Å². The number of aromatic nitrogens is 2. The van der Waals surface area contributed by atoms with E-state index < -0.39 is 11.9 Å². The van der Waals surface area contributed by atoms with Crippen LogP contribution in [0, 0.1) is 0 Å². The summed E-state index contributed by atoms with van der Waals surface area (Å²) in [5.74, 6) is 1.24. The fourth-order valence-corrected chi connectivity index (χ4v) is 3.31. The molecule has 0 aliphatic carbocycles. The maximum Gasteiger partial charge on any atom is 0.433 e. The van der Waals surface area contributed by atoms with Crippen LogP contribution in [0.1, 0.15) is 30.5 Å². The second kappa shape index (κ2) is 9.58. The zero-order valence-corrected chi connectivity index (χ0v) is 16.3. The molecule has 0 radical (unpaired) electrons. The Morgan fingerprint density at radius 2 is 2.03 bits per heavy atom. The van der Waals surface area contributed by atoms with Gasteiger partial charge in [-0.25, -0.2) is 9.97 Å². The van der Waals surface area contributed by atoms with Crippen LogP contribution in [0.25, 0.3) is 0 Å². The third-order valence-electron chi connectivity index (χ3n) is 4.70. The van der Waals surface area contributed by atoms with Gasteiger partial charge in [0.05, 0.1) is 6.54 Å². The standard InChI is InChI=1S/C20H25F3N6/c1-2-24-19(29-13-9-16(14-29)15-6-4-3-5-7-15)27-12-11-26-18-25-10-8-17(28-18)20(21,22)23/h3-8,10,16H,2,9,11-14H2,1H3,(H,24,27)(H,25,26,28). The van der Waals surface area contributed by atoms with E-state index in [-0.39, 0.29) is 5.95 Å². The molecule has 1 unspecified atom stereocenters. The summed E-state index contributed by atoms with van der Waals surface area (Å²) >= 11 is 0. The van der Waals surface area contributed by atoms with Crippen molar-refractivity contribution in [1.82, 2.24) is 20.2 Å². The predicted octanol–water partition coefficient (Wildman–Crippen LogP) is 3.36. The van der Waals surface area contributed by atoms with Crippen molar-refractivity contribution < 1.29 is 13.2 Å². The van der Waals surface area contributed by atoms with E-state index in [1.54, 1.807) is 0 Å². The van der Waals surface area contributed by atoms with Gasteiger partial charge in [0.1, 0.15) is 5.69 Å². The third-order valence-corrected chi connectivity index (χ3v) is 4.70. The molecule has 2 aromatic rings. The van der Waals surface area contributed by atoms with Gasteiger partial charge in [-0.15, -0.1) is 0 Å². The van der Waals surface area contributed by atoms with Crippen molar-refractivity contribution in [2.75, 3.05) is 38.0 Å². The summed E-state index contributed by atoms with van der Waals surface area (Å²) in [5.41, 5.74) is 0.366. The highest BCUT2D eigenvalue weighted by Gasteiger charge is 2.32. The number of hydrogen-bond donors (Lipinski definition) is 2. The fraction of sp³-hybridized carbons (Fsp3) is 0.450. The number of alkyl halides is 3. The van der Waals surface area contributed by atoms with Gasteiger partial charge in [0, 0.05) is 38.3 Å². The Morgan fingerprint density at radius 3 is 2.76 bits per heavy atom. The van der Waals surface area contributed by atoms with Crippen LogP contribution in [0.4, 0.5) is 19.1 Å². The Kier molecular flexibility index (Phi) is 6.90. The van der Waals surface area contributed by atoms with E-state index in [9.17, 15) is 13.2 Å². The molecule has 29 heavy (non-hydrogen) atoms. The molecule has 0 amide bonds. The zero-order valence-electron chi connectivity index (χ0n) is 16.3. The van der Waals surface area contributed by atoms with Gasteiger partial charge in [0.2, 0.25) is 5.95 Å². The normalized spacial score (nSPS) is 17.4. The van der Waals surface area contributed by atoms with Crippen LogP contribution >= 0.6 is 0 Å². The molecule has 2 heterocycles. The third kappa shape index (κ3) is 5.82. The van der Waals surface area contributed by atoms with Crippen molar-refractivity contribution >= 4 is 11.9 Å². The van der Waals surface area contributed by atoms with Gasteiger partial charge in [0.25, 0.3) is 0 Å². The molecule has 0 bridgehead atoms. The van der Waals surface area contributed by atoms with Crippen LogP contribution in [0.2, 0.25) is 0 Å². The smallest absolute Gasteiger partial charge is 0.357 e. The summed E-state index contributed by atoms with van der Waals surface area (Å²) in [4.78, 5) is 14.2. The molecule has 1 fully saturated rings. The zero-order chi connectivity index (χ0) is 20.7. The number of guanidine groups is 1. The summed E-state index contributed by atoms with van der Waals surface area (Å²) < 4.78 is 38.2. The van der Waals surface area contributed by atoms with Crippen LogP contribution in [-0.4, -0.2) is 53.6 Å². The first kappa shape index (κ1) is 20.9. The van der Waals surface area contributed by atoms with Gasteiger partial charge < -0.3 is 15.5 Å². The number of aliphatic imine (C=N–C) groups is 1. The molecule has 1 aromatic carbocycles. The quantitative estimate of drug-likeness (QED) is 0.438. The lowest BCUT2D eigenvalue weighted by atomic mass is 9.99. The molecule has 3 rings (SSSR count). The monoisotopic (exact) mass is 406 g/mol. The van der Waals surface area contributed by atoms with Gasteiger partial charge >= 0.3 is 6.18 Å². The number of likely N-dealkylation sites (tertiary alicyclic amines) is 1. The Labute approximate surface area is 168 Å². The van der Waals surface area contributed by atoms with E-state index in [0.29, 0.717) is 19.0 Å². The summed E-state index contributed by atoms with van der Waals surface area (Å²) in [7, 11) is 0.